The molecule has 1 saturated heterocycles. The average molecular weight is 409 g/mol. The predicted molar refractivity (Wildman–Crippen MR) is 110 cm³/mol. The summed E-state index contributed by atoms with van der Waals surface area (Å²) in [5, 5.41) is 5.47. The Kier molecular flexibility index (Phi) is 4.85. The van der Waals surface area contributed by atoms with Crippen molar-refractivity contribution in [3.63, 3.8) is 0 Å². The number of imide groups is 1. The van der Waals surface area contributed by atoms with Crippen molar-refractivity contribution in [1.82, 2.24) is 10.2 Å². The minimum absolute atomic E-state index is 0.377. The lowest BCUT2D eigenvalue weighted by Crippen LogP contribution is -2.42. The van der Waals surface area contributed by atoms with Gasteiger partial charge in [0.15, 0.2) is 11.5 Å². The summed E-state index contributed by atoms with van der Waals surface area (Å²) in [5.74, 6) is 0.167. The SMILES string of the molecule is Cc1ccc(NC(=O)CN2C(=O)N[C@@](C)(c3ccc4c(c3)OCCO4)C2=O)c(C)c1. The molecular formula is C22H23N3O5. The Bertz CT molecular complexity index is 1050. The summed E-state index contributed by atoms with van der Waals surface area (Å²) in [4.78, 5) is 39.1. The molecule has 4 rings (SSSR count). The van der Waals surface area contributed by atoms with Gasteiger partial charge in [0, 0.05) is 5.69 Å². The summed E-state index contributed by atoms with van der Waals surface area (Å²) in [6, 6.07) is 10.1. The van der Waals surface area contributed by atoms with E-state index in [1.807, 2.05) is 26.0 Å². The van der Waals surface area contributed by atoms with Crippen LogP contribution in [-0.4, -0.2) is 42.5 Å². The van der Waals surface area contributed by atoms with Crippen molar-refractivity contribution in [1.29, 1.82) is 0 Å². The first-order valence-electron chi connectivity index (χ1n) is 9.69. The Morgan fingerprint density at radius 3 is 2.57 bits per heavy atom. The van der Waals surface area contributed by atoms with Gasteiger partial charge < -0.3 is 20.1 Å². The monoisotopic (exact) mass is 409 g/mol. The second-order valence-electron chi connectivity index (χ2n) is 7.67. The maximum absolute atomic E-state index is 13.1. The maximum Gasteiger partial charge on any atom is 0.325 e. The first-order chi connectivity index (χ1) is 14.3. The molecule has 1 fully saturated rings. The van der Waals surface area contributed by atoms with Gasteiger partial charge in [-0.05, 0) is 50.1 Å². The third kappa shape index (κ3) is 3.45. The summed E-state index contributed by atoms with van der Waals surface area (Å²) in [6.45, 7) is 5.96. The molecular weight excluding hydrogens is 386 g/mol. The van der Waals surface area contributed by atoms with E-state index < -0.39 is 23.4 Å². The van der Waals surface area contributed by atoms with Gasteiger partial charge in [-0.15, -0.1) is 0 Å². The Hall–Kier alpha value is -3.55. The van der Waals surface area contributed by atoms with E-state index in [4.69, 9.17) is 9.47 Å². The molecule has 2 aliphatic rings. The summed E-state index contributed by atoms with van der Waals surface area (Å²) in [5.41, 5.74) is 1.89. The molecule has 0 radical (unpaired) electrons. The third-order valence-electron chi connectivity index (χ3n) is 5.35. The zero-order valence-corrected chi connectivity index (χ0v) is 17.1. The number of nitrogens with zero attached hydrogens (tertiary/aromatic N) is 1. The van der Waals surface area contributed by atoms with Crippen LogP contribution in [0.5, 0.6) is 11.5 Å². The number of ether oxygens (including phenoxy) is 2. The molecule has 0 bridgehead atoms. The summed E-state index contributed by atoms with van der Waals surface area (Å²) in [7, 11) is 0. The van der Waals surface area contributed by atoms with Gasteiger partial charge in [-0.1, -0.05) is 23.8 Å². The van der Waals surface area contributed by atoms with Crippen LogP contribution in [0, 0.1) is 13.8 Å². The van der Waals surface area contributed by atoms with Crippen molar-refractivity contribution in [2.75, 3.05) is 25.1 Å². The zero-order chi connectivity index (χ0) is 21.5. The Morgan fingerprint density at radius 1 is 1.10 bits per heavy atom. The number of amides is 4. The predicted octanol–water partition coefficient (Wildman–Crippen LogP) is 2.48. The molecule has 30 heavy (non-hydrogen) atoms. The van der Waals surface area contributed by atoms with Gasteiger partial charge in [-0.2, -0.15) is 0 Å². The number of anilines is 1. The van der Waals surface area contributed by atoms with E-state index in [2.05, 4.69) is 10.6 Å². The van der Waals surface area contributed by atoms with E-state index in [0.29, 0.717) is 36.0 Å². The van der Waals surface area contributed by atoms with Crippen molar-refractivity contribution in [3.8, 4) is 11.5 Å². The molecule has 0 unspecified atom stereocenters. The number of nitrogens with one attached hydrogen (secondary N) is 2. The standard InChI is InChI=1S/C22H23N3O5/c1-13-4-6-16(14(2)10-13)23-19(26)12-25-20(27)22(3,24-21(25)28)15-5-7-17-18(11-15)30-9-8-29-17/h4-7,10-11H,8-9,12H2,1-3H3,(H,23,26)(H,24,28)/t22-/m0/s1. The number of carbonyl (C=O) groups excluding carboxylic acids is 3. The van der Waals surface area contributed by atoms with E-state index in [0.717, 1.165) is 16.0 Å². The van der Waals surface area contributed by atoms with Crippen molar-refractivity contribution in [2.45, 2.75) is 26.3 Å². The first-order valence-corrected chi connectivity index (χ1v) is 9.69. The number of carbonyl (C=O) groups is 3. The van der Waals surface area contributed by atoms with Gasteiger partial charge in [-0.25, -0.2) is 4.79 Å². The van der Waals surface area contributed by atoms with Gasteiger partial charge in [0.1, 0.15) is 25.3 Å². The molecule has 0 spiro atoms. The summed E-state index contributed by atoms with van der Waals surface area (Å²) < 4.78 is 11.1. The molecule has 2 aromatic carbocycles. The van der Waals surface area contributed by atoms with Crippen molar-refractivity contribution < 1.29 is 23.9 Å². The topological polar surface area (TPSA) is 97.0 Å². The van der Waals surface area contributed by atoms with Crippen molar-refractivity contribution >= 4 is 23.5 Å². The van der Waals surface area contributed by atoms with Crippen LogP contribution >= 0.6 is 0 Å². The maximum atomic E-state index is 13.1. The molecule has 156 valence electrons. The number of aryl methyl sites for hydroxylation is 2. The molecule has 2 aromatic rings. The zero-order valence-electron chi connectivity index (χ0n) is 17.1. The average Bonchev–Trinajstić information content (AvgIpc) is 2.94. The molecule has 2 N–H and O–H groups in total. The Balaban J connectivity index is 1.51. The van der Waals surface area contributed by atoms with Gasteiger partial charge in [0.2, 0.25) is 5.91 Å². The highest BCUT2D eigenvalue weighted by Crippen LogP contribution is 2.36. The fraction of sp³-hybridized carbons (Fsp3) is 0.318. The number of hydrogen-bond acceptors (Lipinski definition) is 5. The minimum Gasteiger partial charge on any atom is -0.486 e. The lowest BCUT2D eigenvalue weighted by Gasteiger charge is -2.25. The molecule has 4 amide bonds. The van der Waals surface area contributed by atoms with Crippen LogP contribution in [0.15, 0.2) is 36.4 Å². The van der Waals surface area contributed by atoms with Crippen LogP contribution in [0.25, 0.3) is 0 Å². The fourth-order valence-corrected chi connectivity index (χ4v) is 3.68. The second-order valence-corrected chi connectivity index (χ2v) is 7.67. The summed E-state index contributed by atoms with van der Waals surface area (Å²) in [6.07, 6.45) is 0. The van der Waals surface area contributed by atoms with E-state index in [1.165, 1.54) is 0 Å². The largest absolute Gasteiger partial charge is 0.486 e. The van der Waals surface area contributed by atoms with Crippen LogP contribution in [0.1, 0.15) is 23.6 Å². The normalized spacial score (nSPS) is 20.2. The van der Waals surface area contributed by atoms with E-state index >= 15 is 0 Å². The van der Waals surface area contributed by atoms with E-state index in [1.54, 1.807) is 31.2 Å². The molecule has 0 aromatic heterocycles. The number of benzene rings is 2. The van der Waals surface area contributed by atoms with Gasteiger partial charge in [0.05, 0.1) is 0 Å². The molecule has 2 aliphatic heterocycles. The van der Waals surface area contributed by atoms with Gasteiger partial charge in [-0.3, -0.25) is 14.5 Å². The third-order valence-corrected chi connectivity index (χ3v) is 5.35. The fourth-order valence-electron chi connectivity index (χ4n) is 3.68. The lowest BCUT2D eigenvalue weighted by molar-refractivity contribution is -0.133. The van der Waals surface area contributed by atoms with Crippen molar-refractivity contribution in [2.24, 2.45) is 0 Å². The molecule has 1 atom stereocenters. The summed E-state index contributed by atoms with van der Waals surface area (Å²) >= 11 is 0. The number of urea groups is 1. The van der Waals surface area contributed by atoms with Crippen LogP contribution < -0.4 is 20.1 Å². The van der Waals surface area contributed by atoms with Gasteiger partial charge >= 0.3 is 6.03 Å². The second kappa shape index (κ2) is 7.37. The van der Waals surface area contributed by atoms with Gasteiger partial charge in [0.25, 0.3) is 5.91 Å². The Labute approximate surface area is 174 Å². The minimum atomic E-state index is -1.30. The van der Waals surface area contributed by atoms with E-state index in [9.17, 15) is 14.4 Å². The quantitative estimate of drug-likeness (QED) is 0.757. The van der Waals surface area contributed by atoms with Crippen LogP contribution in [0.3, 0.4) is 0 Å². The Morgan fingerprint density at radius 2 is 1.83 bits per heavy atom. The molecule has 0 aliphatic carbocycles. The van der Waals surface area contributed by atoms with E-state index in [-0.39, 0.29) is 6.54 Å². The molecule has 2 heterocycles. The van der Waals surface area contributed by atoms with Crippen LogP contribution in [-0.2, 0) is 15.1 Å². The highest BCUT2D eigenvalue weighted by molar-refractivity contribution is 6.10. The molecule has 8 nitrogen and oxygen atoms in total. The number of hydrogen-bond donors (Lipinski definition) is 2. The van der Waals surface area contributed by atoms with Crippen LogP contribution in [0.4, 0.5) is 10.5 Å². The lowest BCUT2D eigenvalue weighted by atomic mass is 9.91. The first kappa shape index (κ1) is 19.8. The molecule has 0 saturated carbocycles. The number of rotatable bonds is 4. The number of fused-ring (bicyclic) bond motifs is 1. The van der Waals surface area contributed by atoms with Crippen LogP contribution in [0.2, 0.25) is 0 Å². The highest BCUT2D eigenvalue weighted by Gasteiger charge is 2.49. The molecule has 8 heteroatoms. The van der Waals surface area contributed by atoms with Crippen molar-refractivity contribution in [3.05, 3.63) is 53.1 Å². The smallest absolute Gasteiger partial charge is 0.325 e. The highest BCUT2D eigenvalue weighted by atomic mass is 16.6.